The molecule has 24 heavy (non-hydrogen) atoms. The molecule has 4 saturated carbocycles. The summed E-state index contributed by atoms with van der Waals surface area (Å²) >= 11 is 0. The first-order valence-corrected chi connectivity index (χ1v) is 10.6. The first kappa shape index (κ1) is 17.3. The van der Waals surface area contributed by atoms with Gasteiger partial charge in [0.2, 0.25) is 0 Å². The van der Waals surface area contributed by atoms with Gasteiger partial charge >= 0.3 is 0 Å². The zero-order valence-electron chi connectivity index (χ0n) is 16.0. The number of nitrogens with two attached hydrogens (primary N) is 3. The van der Waals surface area contributed by atoms with Crippen molar-refractivity contribution >= 4 is 0 Å². The summed E-state index contributed by atoms with van der Waals surface area (Å²) in [5, 5.41) is 0. The van der Waals surface area contributed by atoms with Crippen molar-refractivity contribution in [1.82, 2.24) is 0 Å². The Kier molecular flexibility index (Phi) is 3.75. The molecule has 0 bridgehead atoms. The summed E-state index contributed by atoms with van der Waals surface area (Å²) in [6, 6.07) is 0. The molecule has 6 atom stereocenters. The van der Waals surface area contributed by atoms with Gasteiger partial charge in [-0.1, -0.05) is 46.0 Å². The van der Waals surface area contributed by atoms with E-state index in [1.807, 2.05) is 0 Å². The van der Waals surface area contributed by atoms with Gasteiger partial charge in [-0.25, -0.2) is 0 Å². The second-order valence-electron chi connectivity index (χ2n) is 10.4. The molecule has 0 saturated heterocycles. The van der Waals surface area contributed by atoms with E-state index >= 15 is 0 Å². The van der Waals surface area contributed by atoms with Gasteiger partial charge < -0.3 is 17.2 Å². The monoisotopic (exact) mass is 333 g/mol. The summed E-state index contributed by atoms with van der Waals surface area (Å²) in [4.78, 5) is 0. The number of hydrogen-bond donors (Lipinski definition) is 3. The Morgan fingerprint density at radius 3 is 1.96 bits per heavy atom. The maximum atomic E-state index is 7.45. The largest absolute Gasteiger partial charge is 0.323 e. The fraction of sp³-hybridized carbons (Fsp3) is 1.00. The maximum absolute atomic E-state index is 7.45. The van der Waals surface area contributed by atoms with Crippen LogP contribution in [0.3, 0.4) is 0 Å². The lowest BCUT2D eigenvalue weighted by molar-refractivity contribution is -0.0924. The smallest absolute Gasteiger partial charge is 0.0530 e. The molecule has 0 amide bonds. The van der Waals surface area contributed by atoms with E-state index in [4.69, 9.17) is 17.2 Å². The van der Waals surface area contributed by atoms with E-state index < -0.39 is 5.54 Å². The zero-order chi connectivity index (χ0) is 17.3. The SMILES string of the molecule is CC12CCC[C@@]1(N)C1(N)CCC3CCCCC[C@]3(C)[C@@]1(N)CCC2. The lowest BCUT2D eigenvalue weighted by Crippen LogP contribution is -2.86. The maximum Gasteiger partial charge on any atom is 0.0530 e. The van der Waals surface area contributed by atoms with E-state index in [2.05, 4.69) is 13.8 Å². The first-order valence-electron chi connectivity index (χ1n) is 10.6. The van der Waals surface area contributed by atoms with E-state index in [1.54, 1.807) is 0 Å². The minimum Gasteiger partial charge on any atom is -0.323 e. The Balaban J connectivity index is 1.86. The molecule has 138 valence electrons. The third-order valence-corrected chi connectivity index (χ3v) is 9.82. The van der Waals surface area contributed by atoms with Gasteiger partial charge in [0.15, 0.2) is 0 Å². The van der Waals surface area contributed by atoms with E-state index in [-0.39, 0.29) is 21.9 Å². The highest BCUT2D eigenvalue weighted by Gasteiger charge is 2.72. The fourth-order valence-electron chi connectivity index (χ4n) is 8.05. The summed E-state index contributed by atoms with van der Waals surface area (Å²) in [6.45, 7) is 4.91. The third-order valence-electron chi connectivity index (χ3n) is 9.82. The van der Waals surface area contributed by atoms with Crippen molar-refractivity contribution in [3.05, 3.63) is 0 Å². The summed E-state index contributed by atoms with van der Waals surface area (Å²) in [6.07, 6.45) is 15.9. The lowest BCUT2D eigenvalue weighted by Gasteiger charge is -2.68. The normalized spacial score (nSPS) is 58.1. The molecule has 4 aliphatic rings. The molecule has 4 aliphatic carbocycles. The van der Waals surface area contributed by atoms with E-state index in [9.17, 15) is 0 Å². The van der Waals surface area contributed by atoms with Crippen LogP contribution in [-0.4, -0.2) is 16.6 Å². The average molecular weight is 334 g/mol. The van der Waals surface area contributed by atoms with Crippen molar-refractivity contribution in [2.45, 2.75) is 114 Å². The number of rotatable bonds is 0. The van der Waals surface area contributed by atoms with Crippen LogP contribution in [0.25, 0.3) is 0 Å². The summed E-state index contributed by atoms with van der Waals surface area (Å²) < 4.78 is 0. The molecular weight excluding hydrogens is 294 g/mol. The Labute approximate surface area is 148 Å². The van der Waals surface area contributed by atoms with E-state index in [0.717, 1.165) is 25.2 Å². The molecule has 4 rings (SSSR count). The van der Waals surface area contributed by atoms with Gasteiger partial charge in [-0.2, -0.15) is 0 Å². The third kappa shape index (κ3) is 1.80. The molecule has 3 heteroatoms. The van der Waals surface area contributed by atoms with Crippen molar-refractivity contribution in [3.8, 4) is 0 Å². The molecule has 0 radical (unpaired) electrons. The Morgan fingerprint density at radius 1 is 0.583 bits per heavy atom. The van der Waals surface area contributed by atoms with Crippen molar-refractivity contribution in [3.63, 3.8) is 0 Å². The lowest BCUT2D eigenvalue weighted by atomic mass is 9.43. The summed E-state index contributed by atoms with van der Waals surface area (Å²) in [7, 11) is 0. The molecule has 0 spiro atoms. The van der Waals surface area contributed by atoms with Gasteiger partial charge in [-0.3, -0.25) is 0 Å². The van der Waals surface area contributed by atoms with Crippen molar-refractivity contribution in [2.75, 3.05) is 0 Å². The summed E-state index contributed by atoms with van der Waals surface area (Å²) in [5.41, 5.74) is 21.5. The highest BCUT2D eigenvalue weighted by Crippen LogP contribution is 2.66. The number of fused-ring (bicyclic) bond motifs is 5. The highest BCUT2D eigenvalue weighted by atomic mass is 15.1. The molecule has 3 unspecified atom stereocenters. The molecule has 0 aromatic heterocycles. The minimum atomic E-state index is -0.405. The van der Waals surface area contributed by atoms with Crippen LogP contribution in [0, 0.1) is 16.7 Å². The second-order valence-corrected chi connectivity index (χ2v) is 10.4. The van der Waals surface area contributed by atoms with Crippen LogP contribution < -0.4 is 17.2 Å². The Hall–Kier alpha value is -0.120. The Bertz CT molecular complexity index is 521. The Morgan fingerprint density at radius 2 is 1.25 bits per heavy atom. The average Bonchev–Trinajstić information content (AvgIpc) is 2.68. The molecule has 0 aromatic rings. The van der Waals surface area contributed by atoms with Crippen molar-refractivity contribution in [2.24, 2.45) is 33.9 Å². The van der Waals surface area contributed by atoms with Gasteiger partial charge in [0.1, 0.15) is 0 Å². The molecular formula is C21H39N3. The van der Waals surface area contributed by atoms with Crippen LogP contribution in [0.2, 0.25) is 0 Å². The minimum absolute atomic E-state index is 0.163. The predicted octanol–water partition coefficient (Wildman–Crippen LogP) is 3.83. The van der Waals surface area contributed by atoms with Gasteiger partial charge in [0.05, 0.1) is 5.54 Å². The van der Waals surface area contributed by atoms with Crippen LogP contribution in [0.4, 0.5) is 0 Å². The second kappa shape index (κ2) is 5.20. The van der Waals surface area contributed by atoms with Gasteiger partial charge in [-0.05, 0) is 68.1 Å². The summed E-state index contributed by atoms with van der Waals surface area (Å²) in [5.74, 6) is 0.746. The van der Waals surface area contributed by atoms with Crippen molar-refractivity contribution < 1.29 is 0 Å². The predicted molar refractivity (Wildman–Crippen MR) is 100 cm³/mol. The van der Waals surface area contributed by atoms with Crippen LogP contribution in [0.1, 0.15) is 97.3 Å². The molecule has 6 N–H and O–H groups in total. The van der Waals surface area contributed by atoms with Crippen LogP contribution in [0.5, 0.6) is 0 Å². The molecule has 0 aliphatic heterocycles. The van der Waals surface area contributed by atoms with E-state index in [0.29, 0.717) is 0 Å². The molecule has 0 heterocycles. The number of hydrogen-bond acceptors (Lipinski definition) is 3. The van der Waals surface area contributed by atoms with E-state index in [1.165, 1.54) is 64.2 Å². The van der Waals surface area contributed by atoms with Crippen LogP contribution in [-0.2, 0) is 0 Å². The molecule has 3 nitrogen and oxygen atoms in total. The van der Waals surface area contributed by atoms with Crippen LogP contribution in [0.15, 0.2) is 0 Å². The molecule has 0 aromatic carbocycles. The highest BCUT2D eigenvalue weighted by molar-refractivity contribution is 5.32. The van der Waals surface area contributed by atoms with Gasteiger partial charge in [0.25, 0.3) is 0 Å². The quantitative estimate of drug-likeness (QED) is 0.630. The van der Waals surface area contributed by atoms with Gasteiger partial charge in [0, 0.05) is 11.1 Å². The van der Waals surface area contributed by atoms with Gasteiger partial charge in [-0.15, -0.1) is 0 Å². The zero-order valence-corrected chi connectivity index (χ0v) is 16.0. The first-order chi connectivity index (χ1) is 11.2. The molecule has 4 fully saturated rings. The van der Waals surface area contributed by atoms with Crippen molar-refractivity contribution in [1.29, 1.82) is 0 Å². The van der Waals surface area contributed by atoms with Crippen LogP contribution >= 0.6 is 0 Å². The standard InChI is InChI=1S/C21H39N3/c1-17-10-6-13-19(17,22)21(24)15-9-16-8-4-3-5-12-18(16,2)20(21,23)14-7-11-17/h16H,3-15,22-24H2,1-2H3/t16?,17?,18-,19-,20-,21?/m0/s1. The fourth-order valence-corrected chi connectivity index (χ4v) is 8.05. The topological polar surface area (TPSA) is 78.1 Å².